The summed E-state index contributed by atoms with van der Waals surface area (Å²) in [5.74, 6) is 0.977. The van der Waals surface area contributed by atoms with E-state index in [0.717, 1.165) is 24.0 Å². The number of benzene rings is 2. The van der Waals surface area contributed by atoms with E-state index in [-0.39, 0.29) is 48.7 Å². The number of methoxy groups -OCH3 is 2. The number of nitrogens with one attached hydrogen (secondary N) is 1. The maximum absolute atomic E-state index is 13.7. The Morgan fingerprint density at radius 1 is 0.913 bits per heavy atom. The highest BCUT2D eigenvalue weighted by molar-refractivity contribution is 5.79. The van der Waals surface area contributed by atoms with Gasteiger partial charge in [0.05, 0.1) is 31.1 Å². The van der Waals surface area contributed by atoms with E-state index in [1.807, 2.05) is 70.2 Å². The summed E-state index contributed by atoms with van der Waals surface area (Å²) in [5.41, 5.74) is 1.39. The van der Waals surface area contributed by atoms with Crippen LogP contribution in [-0.4, -0.2) is 45.9 Å². The van der Waals surface area contributed by atoms with Crippen LogP contribution in [0.4, 0.5) is 0 Å². The van der Waals surface area contributed by atoms with Gasteiger partial charge in [-0.1, -0.05) is 64.1 Å². The Morgan fingerprint density at radius 2 is 1.63 bits per heavy atom. The highest BCUT2D eigenvalue weighted by Crippen LogP contribution is 2.34. The number of rotatable bonds is 21. The number of hydrogen-bond donors (Lipinski definition) is 1. The summed E-state index contributed by atoms with van der Waals surface area (Å²) in [7, 11) is 3.31. The van der Waals surface area contributed by atoms with Crippen LogP contribution < -0.4 is 14.8 Å². The second-order valence-corrected chi connectivity index (χ2v) is 13.6. The standard InChI is InChI=1S/C38H56N2O6/c1-27(2)32(21-30-15-18-34(44-8)35(22-30)45-20-12-19-43-7)23-31(37(42)46-24-29-13-10-9-11-14-29)16-17-33(28(3)4)36(41)40-26-38(5,6)25-39/h9-11,13-15,18,22,27-28,31-33H,12,16-17,19-21,23-24,26H2,1-8H3,(H,40,41)/t31-,32+,33-/m0/s1. The number of esters is 1. The largest absolute Gasteiger partial charge is 0.493 e. The third-order valence-corrected chi connectivity index (χ3v) is 8.54. The smallest absolute Gasteiger partial charge is 0.309 e. The van der Waals surface area contributed by atoms with Gasteiger partial charge >= 0.3 is 5.97 Å². The second-order valence-electron chi connectivity index (χ2n) is 13.6. The van der Waals surface area contributed by atoms with Crippen molar-refractivity contribution in [2.75, 3.05) is 34.0 Å². The van der Waals surface area contributed by atoms with Crippen LogP contribution in [0.2, 0.25) is 0 Å². The fourth-order valence-corrected chi connectivity index (χ4v) is 5.41. The molecule has 1 amide bonds. The molecule has 0 aliphatic carbocycles. The Labute approximate surface area is 277 Å². The van der Waals surface area contributed by atoms with Crippen LogP contribution in [0, 0.1) is 46.3 Å². The molecule has 0 fully saturated rings. The van der Waals surface area contributed by atoms with Crippen molar-refractivity contribution in [1.29, 1.82) is 5.26 Å². The number of hydrogen-bond acceptors (Lipinski definition) is 7. The summed E-state index contributed by atoms with van der Waals surface area (Å²) in [5, 5.41) is 12.4. The Bertz CT molecular complexity index is 1240. The maximum Gasteiger partial charge on any atom is 0.309 e. The summed E-state index contributed by atoms with van der Waals surface area (Å²) in [6, 6.07) is 17.9. The second kappa shape index (κ2) is 19.8. The molecule has 0 bridgehead atoms. The minimum Gasteiger partial charge on any atom is -0.493 e. The van der Waals surface area contributed by atoms with Gasteiger partial charge in [0.1, 0.15) is 6.61 Å². The first-order chi connectivity index (χ1) is 21.9. The SMILES string of the molecule is COCCCOc1cc(C[C@H](C[C@H](CC[C@H](C(=O)NCC(C)(C)C#N)C(C)C)C(=O)OCc2ccccc2)C(C)C)ccc1OC. The van der Waals surface area contributed by atoms with Crippen LogP contribution in [0.25, 0.3) is 0 Å². The molecule has 0 heterocycles. The molecule has 0 saturated carbocycles. The Hall–Kier alpha value is -3.57. The molecule has 254 valence electrons. The fraction of sp³-hybridized carbons (Fsp3) is 0.605. The lowest BCUT2D eigenvalue weighted by molar-refractivity contribution is -0.151. The summed E-state index contributed by atoms with van der Waals surface area (Å²) < 4.78 is 22.6. The topological polar surface area (TPSA) is 107 Å². The molecule has 0 radical (unpaired) electrons. The highest BCUT2D eigenvalue weighted by Gasteiger charge is 2.31. The van der Waals surface area contributed by atoms with E-state index < -0.39 is 5.41 Å². The number of nitrogens with zero attached hydrogens (tertiary/aromatic N) is 1. The van der Waals surface area contributed by atoms with Gasteiger partial charge < -0.3 is 24.3 Å². The lowest BCUT2D eigenvalue weighted by Gasteiger charge is -2.28. The molecule has 0 aromatic heterocycles. The number of nitriles is 1. The van der Waals surface area contributed by atoms with E-state index in [9.17, 15) is 14.9 Å². The van der Waals surface area contributed by atoms with E-state index in [1.54, 1.807) is 14.2 Å². The predicted octanol–water partition coefficient (Wildman–Crippen LogP) is 7.39. The zero-order valence-electron chi connectivity index (χ0n) is 29.3. The van der Waals surface area contributed by atoms with Gasteiger partial charge in [0.2, 0.25) is 5.91 Å². The molecule has 2 rings (SSSR count). The van der Waals surface area contributed by atoms with Gasteiger partial charge in [-0.2, -0.15) is 5.26 Å². The maximum atomic E-state index is 13.7. The average Bonchev–Trinajstić information content (AvgIpc) is 3.04. The molecule has 0 aliphatic heterocycles. The lowest BCUT2D eigenvalue weighted by atomic mass is 9.79. The molecule has 0 spiro atoms. The molecule has 8 heteroatoms. The first-order valence-electron chi connectivity index (χ1n) is 16.6. The summed E-state index contributed by atoms with van der Waals surface area (Å²) in [6.07, 6.45) is 3.25. The number of amides is 1. The number of ether oxygens (including phenoxy) is 4. The van der Waals surface area contributed by atoms with Crippen LogP contribution in [0.15, 0.2) is 48.5 Å². The van der Waals surface area contributed by atoms with Crippen LogP contribution in [0.5, 0.6) is 11.5 Å². The van der Waals surface area contributed by atoms with Gasteiger partial charge in [0.15, 0.2) is 11.5 Å². The van der Waals surface area contributed by atoms with Crippen LogP contribution >= 0.6 is 0 Å². The lowest BCUT2D eigenvalue weighted by Crippen LogP contribution is -2.39. The summed E-state index contributed by atoms with van der Waals surface area (Å²) >= 11 is 0. The van der Waals surface area contributed by atoms with Crippen molar-refractivity contribution in [3.8, 4) is 17.6 Å². The predicted molar refractivity (Wildman–Crippen MR) is 181 cm³/mol. The van der Waals surface area contributed by atoms with E-state index in [4.69, 9.17) is 18.9 Å². The average molecular weight is 637 g/mol. The summed E-state index contributed by atoms with van der Waals surface area (Å²) in [6.45, 7) is 13.7. The van der Waals surface area contributed by atoms with E-state index in [0.29, 0.717) is 49.9 Å². The van der Waals surface area contributed by atoms with E-state index in [2.05, 4.69) is 31.3 Å². The van der Waals surface area contributed by atoms with E-state index >= 15 is 0 Å². The van der Waals surface area contributed by atoms with Crippen molar-refractivity contribution in [3.63, 3.8) is 0 Å². The van der Waals surface area contributed by atoms with Crippen molar-refractivity contribution in [3.05, 3.63) is 59.7 Å². The zero-order chi connectivity index (χ0) is 34.1. The molecule has 8 nitrogen and oxygen atoms in total. The van der Waals surface area contributed by atoms with Crippen molar-refractivity contribution < 1.29 is 28.5 Å². The van der Waals surface area contributed by atoms with Gasteiger partial charge in [-0.05, 0) is 80.5 Å². The Morgan fingerprint density at radius 3 is 2.24 bits per heavy atom. The van der Waals surface area contributed by atoms with Crippen LogP contribution in [0.3, 0.4) is 0 Å². The van der Waals surface area contributed by atoms with Gasteiger partial charge in [-0.25, -0.2) is 0 Å². The molecule has 3 atom stereocenters. The minimum absolute atomic E-state index is 0.0774. The Balaban J connectivity index is 2.25. The third kappa shape index (κ3) is 13.4. The zero-order valence-corrected chi connectivity index (χ0v) is 29.3. The molecule has 46 heavy (non-hydrogen) atoms. The molecular formula is C38H56N2O6. The summed E-state index contributed by atoms with van der Waals surface area (Å²) in [4.78, 5) is 26.9. The molecule has 2 aromatic carbocycles. The van der Waals surface area contributed by atoms with Gasteiger partial charge in [0.25, 0.3) is 0 Å². The molecule has 0 aliphatic rings. The van der Waals surface area contributed by atoms with Gasteiger partial charge in [-0.3, -0.25) is 9.59 Å². The van der Waals surface area contributed by atoms with Crippen molar-refractivity contribution in [2.45, 2.75) is 80.3 Å². The monoisotopic (exact) mass is 636 g/mol. The number of carbonyl (C=O) groups excluding carboxylic acids is 2. The highest BCUT2D eigenvalue weighted by atomic mass is 16.5. The number of carbonyl (C=O) groups is 2. The van der Waals surface area contributed by atoms with E-state index in [1.165, 1.54) is 0 Å². The quantitative estimate of drug-likeness (QED) is 0.112. The van der Waals surface area contributed by atoms with Crippen molar-refractivity contribution >= 4 is 11.9 Å². The fourth-order valence-electron chi connectivity index (χ4n) is 5.41. The minimum atomic E-state index is -0.651. The normalized spacial score (nSPS) is 13.5. The van der Waals surface area contributed by atoms with Gasteiger partial charge in [0, 0.05) is 32.6 Å². The molecular weight excluding hydrogens is 580 g/mol. The first kappa shape index (κ1) is 38.6. The molecule has 0 unspecified atom stereocenters. The van der Waals surface area contributed by atoms with Crippen LogP contribution in [0.1, 0.15) is 78.4 Å². The van der Waals surface area contributed by atoms with Gasteiger partial charge in [-0.15, -0.1) is 0 Å². The first-order valence-corrected chi connectivity index (χ1v) is 16.6. The molecule has 2 aromatic rings. The van der Waals surface area contributed by atoms with Crippen molar-refractivity contribution in [1.82, 2.24) is 5.32 Å². The van der Waals surface area contributed by atoms with Crippen molar-refractivity contribution in [2.24, 2.45) is 35.0 Å². The Kier molecular flexibility index (Phi) is 16.7. The molecule has 1 N–H and O–H groups in total. The molecule has 0 saturated heterocycles. The third-order valence-electron chi connectivity index (χ3n) is 8.54. The van der Waals surface area contributed by atoms with Crippen LogP contribution in [-0.2, 0) is 32.1 Å².